The zero-order chi connectivity index (χ0) is 2.71. The van der Waals surface area contributed by atoms with Crippen molar-refractivity contribution in [3.05, 3.63) is 0 Å². The van der Waals surface area contributed by atoms with Gasteiger partial charge < -0.3 is 0 Å². The summed E-state index contributed by atoms with van der Waals surface area (Å²) in [5, 5.41) is 0. The Morgan fingerprint density at radius 3 is 1.25 bits per heavy atom. The van der Waals surface area contributed by atoms with Crippen molar-refractivity contribution in [1.82, 2.24) is 0 Å². The van der Waals surface area contributed by atoms with Gasteiger partial charge in [0.25, 0.3) is 0 Å². The zero-order valence-electron chi connectivity index (χ0n) is 1.52. The van der Waals surface area contributed by atoms with Crippen molar-refractivity contribution in [3.8, 4) is 0 Å². The molecule has 26 valence electrons. The maximum absolute atomic E-state index is 4.26. The van der Waals surface area contributed by atoms with Crippen LogP contribution >= 0.6 is 23.7 Å². The predicted octanol–water partition coefficient (Wildman–Crippen LogP) is 1.31. The molecule has 0 saturated heterocycles. The summed E-state index contributed by atoms with van der Waals surface area (Å²) in [6.07, 6.45) is 0. The number of hydrogen-bond donors (Lipinski definition) is 0. The van der Waals surface area contributed by atoms with E-state index in [2.05, 4.69) is 27.6 Å². The number of halogens is 2. The Hall–Kier alpha value is 1.06. The van der Waals surface area contributed by atoms with Crippen LogP contribution in [0, 0.1) is 0 Å². The Kier molecular flexibility index (Phi) is 19.9. The van der Waals surface area contributed by atoms with E-state index in [1.807, 2.05) is 0 Å². The molecule has 0 radical (unpaired) electrons. The van der Waals surface area contributed by atoms with Crippen molar-refractivity contribution in [2.45, 2.75) is 0 Å². The van der Waals surface area contributed by atoms with E-state index in [9.17, 15) is 0 Å². The smallest absolute Gasteiger partial charge is 0.166 e. The fourth-order valence-corrected chi connectivity index (χ4v) is 0. The van der Waals surface area contributed by atoms with Crippen LogP contribution in [0.4, 0.5) is 0 Å². The largest absolute Gasteiger partial charge is 2.00 e. The average molecular weight is 143 g/mol. The molecule has 4 heteroatoms. The van der Waals surface area contributed by atoms with Gasteiger partial charge in [0, 0.05) is 0 Å². The second kappa shape index (κ2) is 8.96. The Bertz CT molecular complexity index is 6.00. The summed E-state index contributed by atoms with van der Waals surface area (Å²) in [5.41, 5.74) is 0. The van der Waals surface area contributed by atoms with Gasteiger partial charge >= 0.3 is 17.1 Å². The van der Waals surface area contributed by atoms with E-state index in [4.69, 9.17) is 0 Å². The molecular weight excluding hydrogens is 143 g/mol. The molecule has 0 aliphatic carbocycles. The van der Waals surface area contributed by atoms with E-state index in [1.165, 1.54) is 0 Å². The molecule has 0 N–H and O–H groups in total. The molecule has 0 rings (SSSR count). The summed E-state index contributed by atoms with van der Waals surface area (Å²) in [5.74, 6) is 0. The molecule has 0 spiro atoms. The third-order valence-corrected chi connectivity index (χ3v) is 0. The summed E-state index contributed by atoms with van der Waals surface area (Å²) in [7, 11) is 0. The van der Waals surface area contributed by atoms with E-state index in [0.717, 1.165) is 0 Å². The Morgan fingerprint density at radius 2 is 1.25 bits per heavy atom. The third kappa shape index (κ3) is 11.6. The van der Waals surface area contributed by atoms with Crippen LogP contribution in [-0.2, 0) is 20.9 Å². The SMILES string of the molecule is ClOCl.[Fe+2]. The van der Waals surface area contributed by atoms with E-state index < -0.39 is 0 Å². The monoisotopic (exact) mass is 142 g/mol. The molecule has 0 aromatic carbocycles. The molecule has 0 aromatic rings. The fraction of sp³-hybridized carbons (Fsp3) is 0. The Balaban J connectivity index is 0. The molecule has 0 heterocycles. The minimum atomic E-state index is 0. The summed E-state index contributed by atoms with van der Waals surface area (Å²) in [6.45, 7) is 0. The topological polar surface area (TPSA) is 9.23 Å². The molecule has 0 aliphatic rings. The molecule has 0 saturated carbocycles. The van der Waals surface area contributed by atoms with Gasteiger partial charge in [0.15, 0.2) is 0 Å². The van der Waals surface area contributed by atoms with Gasteiger partial charge in [-0.05, 0) is 0 Å². The normalized spacial score (nSPS) is 4.50. The third-order valence-electron chi connectivity index (χ3n) is 0. The van der Waals surface area contributed by atoms with Crippen molar-refractivity contribution in [3.63, 3.8) is 0 Å². The molecule has 0 atom stereocenters. The van der Waals surface area contributed by atoms with Crippen molar-refractivity contribution < 1.29 is 20.9 Å². The van der Waals surface area contributed by atoms with E-state index in [0.29, 0.717) is 0 Å². The minimum absolute atomic E-state index is 0. The number of hydrogen-bond acceptors (Lipinski definition) is 1. The molecule has 0 amide bonds. The predicted molar refractivity (Wildman–Crippen MR) is 12.8 cm³/mol. The molecule has 4 heavy (non-hydrogen) atoms. The van der Waals surface area contributed by atoms with E-state index >= 15 is 0 Å². The fourth-order valence-electron chi connectivity index (χ4n) is 0. The summed E-state index contributed by atoms with van der Waals surface area (Å²) in [6, 6.07) is 0. The van der Waals surface area contributed by atoms with Crippen molar-refractivity contribution in [2.24, 2.45) is 0 Å². The van der Waals surface area contributed by atoms with Gasteiger partial charge in [0.05, 0.1) is 23.7 Å². The maximum atomic E-state index is 4.26. The first kappa shape index (κ1) is 8.91. The first-order chi connectivity index (χ1) is 1.41. The first-order valence-electron chi connectivity index (χ1n) is 0.309. The van der Waals surface area contributed by atoms with E-state index in [1.54, 1.807) is 0 Å². The van der Waals surface area contributed by atoms with Gasteiger partial charge in [-0.2, -0.15) is 3.84 Å². The van der Waals surface area contributed by atoms with Crippen LogP contribution in [0.1, 0.15) is 0 Å². The summed E-state index contributed by atoms with van der Waals surface area (Å²) in [4.78, 5) is 0. The molecule has 0 bridgehead atoms. The standard InChI is InChI=1S/Cl2O.Fe/c1-3-2;/q;+2. The molecule has 0 aliphatic heterocycles. The molecule has 0 aromatic heterocycles. The van der Waals surface area contributed by atoms with Gasteiger partial charge in [0.1, 0.15) is 0 Å². The molecule has 0 fully saturated rings. The van der Waals surface area contributed by atoms with Gasteiger partial charge in [-0.25, -0.2) is 0 Å². The van der Waals surface area contributed by atoms with Gasteiger partial charge in [-0.3, -0.25) is 0 Å². The van der Waals surface area contributed by atoms with Crippen molar-refractivity contribution in [2.75, 3.05) is 0 Å². The van der Waals surface area contributed by atoms with Crippen molar-refractivity contribution >= 4 is 23.7 Å². The van der Waals surface area contributed by atoms with Crippen LogP contribution in [0.3, 0.4) is 0 Å². The second-order valence-electron chi connectivity index (χ2n) is 0.0583. The van der Waals surface area contributed by atoms with Crippen LogP contribution in [-0.4, -0.2) is 0 Å². The van der Waals surface area contributed by atoms with Gasteiger partial charge in [0.2, 0.25) is 0 Å². The van der Waals surface area contributed by atoms with E-state index in [-0.39, 0.29) is 17.1 Å². The van der Waals surface area contributed by atoms with Crippen LogP contribution in [0.5, 0.6) is 0 Å². The van der Waals surface area contributed by atoms with Crippen LogP contribution in [0.15, 0.2) is 0 Å². The van der Waals surface area contributed by atoms with Gasteiger partial charge in [-0.1, -0.05) is 0 Å². The van der Waals surface area contributed by atoms with Crippen molar-refractivity contribution in [1.29, 1.82) is 0 Å². The zero-order valence-corrected chi connectivity index (χ0v) is 4.13. The summed E-state index contributed by atoms with van der Waals surface area (Å²) < 4.78 is 3.19. The van der Waals surface area contributed by atoms with Crippen LogP contribution < -0.4 is 0 Å². The molecular formula is Cl2FeO+2. The average Bonchev–Trinajstić information content (AvgIpc) is 0.918. The quantitative estimate of drug-likeness (QED) is 0.464. The summed E-state index contributed by atoms with van der Waals surface area (Å²) >= 11 is 8.53. The van der Waals surface area contributed by atoms with Gasteiger partial charge in [-0.15, -0.1) is 0 Å². The van der Waals surface area contributed by atoms with Crippen LogP contribution in [0.25, 0.3) is 0 Å². The molecule has 1 nitrogen and oxygen atoms in total. The Morgan fingerprint density at radius 1 is 1.25 bits per heavy atom. The van der Waals surface area contributed by atoms with Crippen LogP contribution in [0.2, 0.25) is 0 Å². The second-order valence-corrected chi connectivity index (χ2v) is 0.525. The molecule has 0 unspecified atom stereocenters. The first-order valence-corrected chi connectivity index (χ1v) is 0.926. The minimum Gasteiger partial charge on any atom is -0.166 e. The maximum Gasteiger partial charge on any atom is 2.00 e. The Labute approximate surface area is 45.0 Å². The number of rotatable bonds is 0.